The molecule has 0 heterocycles. The van der Waals surface area contributed by atoms with Gasteiger partial charge in [0.25, 0.3) is 0 Å². The molecule has 0 fully saturated rings. The largest absolute Gasteiger partial charge is 0.349 e. The highest BCUT2D eigenvalue weighted by atomic mass is 16.1. The molecule has 3 nitrogen and oxygen atoms in total. The first-order chi connectivity index (χ1) is 8.84. The van der Waals surface area contributed by atoms with Crippen molar-refractivity contribution in [3.05, 3.63) is 35.4 Å². The molecule has 1 atom stereocenters. The van der Waals surface area contributed by atoms with Gasteiger partial charge in [0.05, 0.1) is 6.04 Å². The van der Waals surface area contributed by atoms with E-state index < -0.39 is 0 Å². The summed E-state index contributed by atoms with van der Waals surface area (Å²) in [7, 11) is 1.86. The van der Waals surface area contributed by atoms with Crippen molar-refractivity contribution < 1.29 is 4.79 Å². The maximum absolute atomic E-state index is 12.0. The second-order valence-electron chi connectivity index (χ2n) is 6.13. The molecule has 1 amide bonds. The predicted octanol–water partition coefficient (Wildman–Crippen LogP) is 2.81. The number of amides is 1. The molecule has 0 saturated heterocycles. The highest BCUT2D eigenvalue weighted by Crippen LogP contribution is 2.33. The molecule has 2 N–H and O–H groups in total. The maximum atomic E-state index is 12.0. The number of nitrogens with one attached hydrogen (secondary N) is 2. The Hall–Kier alpha value is -1.35. The van der Waals surface area contributed by atoms with E-state index in [2.05, 4.69) is 56.5 Å². The van der Waals surface area contributed by atoms with Crippen LogP contribution >= 0.6 is 0 Å². The zero-order chi connectivity index (χ0) is 14.5. The average Bonchev–Trinajstić information content (AvgIpc) is 2.32. The van der Waals surface area contributed by atoms with Gasteiger partial charge in [-0.2, -0.15) is 0 Å². The van der Waals surface area contributed by atoms with E-state index in [1.54, 1.807) is 0 Å². The molecule has 3 heteroatoms. The summed E-state index contributed by atoms with van der Waals surface area (Å²) in [6.45, 7) is 9.23. The van der Waals surface area contributed by atoms with Gasteiger partial charge >= 0.3 is 0 Å². The zero-order valence-electron chi connectivity index (χ0n) is 12.7. The first kappa shape index (κ1) is 15.7. The van der Waals surface area contributed by atoms with Gasteiger partial charge in [-0.1, -0.05) is 50.6 Å². The summed E-state index contributed by atoms with van der Waals surface area (Å²) in [6, 6.07) is 8.39. The molecule has 0 aliphatic carbocycles. The third kappa shape index (κ3) is 5.03. The zero-order valence-corrected chi connectivity index (χ0v) is 12.7. The fraction of sp³-hybridized carbons (Fsp3) is 0.562. The van der Waals surface area contributed by atoms with Crippen LogP contribution in [0.1, 0.15) is 44.4 Å². The average molecular weight is 262 g/mol. The molecule has 19 heavy (non-hydrogen) atoms. The molecule has 0 aliphatic heterocycles. The third-order valence-electron chi connectivity index (χ3n) is 3.15. The van der Waals surface area contributed by atoms with Crippen LogP contribution in [0.2, 0.25) is 0 Å². The second kappa shape index (κ2) is 6.71. The van der Waals surface area contributed by atoms with Gasteiger partial charge in [-0.15, -0.1) is 0 Å². The van der Waals surface area contributed by atoms with Crippen LogP contribution in [-0.4, -0.2) is 19.5 Å². The number of hydrogen-bond donors (Lipinski definition) is 2. The van der Waals surface area contributed by atoms with Crippen LogP contribution in [0, 0.1) is 12.3 Å². The van der Waals surface area contributed by atoms with Gasteiger partial charge < -0.3 is 10.6 Å². The molecule has 0 aromatic heterocycles. The lowest BCUT2D eigenvalue weighted by molar-refractivity contribution is -0.122. The standard InChI is InChI=1S/C16H26N2O/c1-12-7-6-8-13(11-12)15(16(2,3)4)18-14(19)9-10-17-5/h6-8,11,15,17H,9-10H2,1-5H3,(H,18,19). The minimum atomic E-state index is -0.0108. The number of carbonyl (C=O) groups excluding carboxylic acids is 1. The molecule has 1 aromatic carbocycles. The number of aryl methyl sites for hydroxylation is 1. The van der Waals surface area contributed by atoms with Crippen molar-refractivity contribution in [2.75, 3.05) is 13.6 Å². The first-order valence-corrected chi connectivity index (χ1v) is 6.85. The van der Waals surface area contributed by atoms with E-state index in [0.29, 0.717) is 13.0 Å². The van der Waals surface area contributed by atoms with Crippen LogP contribution in [-0.2, 0) is 4.79 Å². The minimum Gasteiger partial charge on any atom is -0.349 e. The molecule has 1 rings (SSSR count). The van der Waals surface area contributed by atoms with Crippen LogP contribution in [0.15, 0.2) is 24.3 Å². The van der Waals surface area contributed by atoms with E-state index in [1.165, 1.54) is 11.1 Å². The van der Waals surface area contributed by atoms with Gasteiger partial charge in [-0.05, 0) is 24.9 Å². The van der Waals surface area contributed by atoms with Gasteiger partial charge in [0.2, 0.25) is 5.91 Å². The van der Waals surface area contributed by atoms with Crippen molar-refractivity contribution in [1.82, 2.24) is 10.6 Å². The Balaban J connectivity index is 2.88. The fourth-order valence-electron chi connectivity index (χ4n) is 2.12. The van der Waals surface area contributed by atoms with Crippen molar-refractivity contribution in [3.8, 4) is 0 Å². The Morgan fingerprint density at radius 2 is 2.00 bits per heavy atom. The summed E-state index contributed by atoms with van der Waals surface area (Å²) in [5.41, 5.74) is 2.38. The Morgan fingerprint density at radius 1 is 1.32 bits per heavy atom. The van der Waals surface area contributed by atoms with E-state index in [4.69, 9.17) is 0 Å². The third-order valence-corrected chi connectivity index (χ3v) is 3.15. The Kier molecular flexibility index (Phi) is 5.55. The first-order valence-electron chi connectivity index (χ1n) is 6.85. The van der Waals surface area contributed by atoms with Crippen molar-refractivity contribution >= 4 is 5.91 Å². The lowest BCUT2D eigenvalue weighted by atomic mass is 9.82. The molecule has 0 spiro atoms. The predicted molar refractivity (Wildman–Crippen MR) is 80.1 cm³/mol. The highest BCUT2D eigenvalue weighted by molar-refractivity contribution is 5.76. The van der Waals surface area contributed by atoms with E-state index in [-0.39, 0.29) is 17.4 Å². The SMILES string of the molecule is CNCCC(=O)NC(c1cccc(C)c1)C(C)(C)C. The number of carbonyl (C=O) groups is 1. The molecular formula is C16H26N2O. The summed E-state index contributed by atoms with van der Waals surface area (Å²) in [6.07, 6.45) is 0.509. The number of benzene rings is 1. The van der Waals surface area contributed by atoms with Gasteiger partial charge in [0.15, 0.2) is 0 Å². The maximum Gasteiger partial charge on any atom is 0.221 e. The monoisotopic (exact) mass is 262 g/mol. The van der Waals surface area contributed by atoms with Gasteiger partial charge in [0, 0.05) is 13.0 Å². The number of hydrogen-bond acceptors (Lipinski definition) is 2. The molecule has 106 valence electrons. The van der Waals surface area contributed by atoms with Crippen LogP contribution in [0.25, 0.3) is 0 Å². The summed E-state index contributed by atoms with van der Waals surface area (Å²) in [5, 5.41) is 6.15. The minimum absolute atomic E-state index is 0.0108. The van der Waals surface area contributed by atoms with Crippen LogP contribution in [0.4, 0.5) is 0 Å². The van der Waals surface area contributed by atoms with Crippen molar-refractivity contribution in [2.45, 2.75) is 40.2 Å². The van der Waals surface area contributed by atoms with Gasteiger partial charge in [-0.3, -0.25) is 4.79 Å². The molecule has 0 radical (unpaired) electrons. The lowest BCUT2D eigenvalue weighted by Gasteiger charge is -2.32. The quantitative estimate of drug-likeness (QED) is 0.856. The molecule has 0 bridgehead atoms. The summed E-state index contributed by atoms with van der Waals surface area (Å²) in [4.78, 5) is 12.0. The Bertz CT molecular complexity index is 421. The second-order valence-corrected chi connectivity index (χ2v) is 6.13. The molecule has 1 unspecified atom stereocenters. The molecule has 1 aromatic rings. The summed E-state index contributed by atoms with van der Waals surface area (Å²) >= 11 is 0. The molecular weight excluding hydrogens is 236 g/mol. The smallest absolute Gasteiger partial charge is 0.221 e. The number of rotatable bonds is 5. The van der Waals surface area contributed by atoms with E-state index in [1.807, 2.05) is 13.1 Å². The topological polar surface area (TPSA) is 41.1 Å². The van der Waals surface area contributed by atoms with Gasteiger partial charge in [0.1, 0.15) is 0 Å². The van der Waals surface area contributed by atoms with Crippen molar-refractivity contribution in [3.63, 3.8) is 0 Å². The van der Waals surface area contributed by atoms with Crippen molar-refractivity contribution in [1.29, 1.82) is 0 Å². The van der Waals surface area contributed by atoms with Gasteiger partial charge in [-0.25, -0.2) is 0 Å². The van der Waals surface area contributed by atoms with Crippen LogP contribution in [0.5, 0.6) is 0 Å². The van der Waals surface area contributed by atoms with Crippen LogP contribution in [0.3, 0.4) is 0 Å². The van der Waals surface area contributed by atoms with Crippen molar-refractivity contribution in [2.24, 2.45) is 5.41 Å². The summed E-state index contributed by atoms with van der Waals surface area (Å²) < 4.78 is 0. The molecule has 0 aliphatic rings. The fourth-order valence-corrected chi connectivity index (χ4v) is 2.12. The highest BCUT2D eigenvalue weighted by Gasteiger charge is 2.27. The van der Waals surface area contributed by atoms with E-state index in [0.717, 1.165) is 0 Å². The van der Waals surface area contributed by atoms with E-state index >= 15 is 0 Å². The lowest BCUT2D eigenvalue weighted by Crippen LogP contribution is -2.37. The Labute approximate surface area is 116 Å². The Morgan fingerprint density at radius 3 is 2.53 bits per heavy atom. The normalized spacial score (nSPS) is 13.1. The summed E-state index contributed by atoms with van der Waals surface area (Å²) in [5.74, 6) is 0.0933. The van der Waals surface area contributed by atoms with Crippen LogP contribution < -0.4 is 10.6 Å². The molecule has 0 saturated carbocycles. The van der Waals surface area contributed by atoms with E-state index in [9.17, 15) is 4.79 Å².